The van der Waals surface area contributed by atoms with Crippen molar-refractivity contribution in [2.75, 3.05) is 39.0 Å². The SMILES string of the molecule is CCN1CCC(C(=O)N2Cc3ccnn3[C@@H](CNS(C)(=O)=O)C2)CC1. The lowest BCUT2D eigenvalue weighted by molar-refractivity contribution is -0.139. The molecule has 0 bridgehead atoms. The number of amides is 1. The van der Waals surface area contributed by atoms with Gasteiger partial charge in [0.25, 0.3) is 0 Å². The van der Waals surface area contributed by atoms with Crippen molar-refractivity contribution in [1.82, 2.24) is 24.3 Å². The van der Waals surface area contributed by atoms with E-state index in [4.69, 9.17) is 0 Å². The molecule has 140 valence electrons. The largest absolute Gasteiger partial charge is 0.334 e. The lowest BCUT2D eigenvalue weighted by Gasteiger charge is -2.38. The second kappa shape index (κ2) is 7.43. The number of hydrogen-bond donors (Lipinski definition) is 1. The van der Waals surface area contributed by atoms with Crippen molar-refractivity contribution in [2.45, 2.75) is 32.4 Å². The van der Waals surface area contributed by atoms with Crippen molar-refractivity contribution in [1.29, 1.82) is 0 Å². The third kappa shape index (κ3) is 4.39. The maximum atomic E-state index is 13.0. The van der Waals surface area contributed by atoms with Crippen LogP contribution in [0.1, 0.15) is 31.5 Å². The molecule has 1 saturated heterocycles. The van der Waals surface area contributed by atoms with E-state index in [-0.39, 0.29) is 24.4 Å². The van der Waals surface area contributed by atoms with Crippen LogP contribution in [0.25, 0.3) is 0 Å². The van der Waals surface area contributed by atoms with Gasteiger partial charge >= 0.3 is 0 Å². The average Bonchev–Trinajstić information content (AvgIpc) is 3.07. The number of hydrogen-bond acceptors (Lipinski definition) is 5. The Hall–Kier alpha value is -1.45. The molecule has 2 aliphatic heterocycles. The summed E-state index contributed by atoms with van der Waals surface area (Å²) >= 11 is 0. The predicted octanol–water partition coefficient (Wildman–Crippen LogP) is 0.0475. The molecule has 0 spiro atoms. The van der Waals surface area contributed by atoms with Crippen LogP contribution in [-0.4, -0.2) is 72.9 Å². The molecule has 0 aliphatic carbocycles. The van der Waals surface area contributed by atoms with Crippen LogP contribution in [0, 0.1) is 5.92 Å². The minimum atomic E-state index is -3.28. The molecule has 9 heteroatoms. The van der Waals surface area contributed by atoms with Crippen molar-refractivity contribution in [3.63, 3.8) is 0 Å². The summed E-state index contributed by atoms with van der Waals surface area (Å²) in [4.78, 5) is 17.2. The van der Waals surface area contributed by atoms with Crippen LogP contribution in [0.5, 0.6) is 0 Å². The highest BCUT2D eigenvalue weighted by Crippen LogP contribution is 2.25. The number of rotatable bonds is 5. The summed E-state index contributed by atoms with van der Waals surface area (Å²) in [7, 11) is -3.28. The van der Waals surface area contributed by atoms with E-state index in [2.05, 4.69) is 21.6 Å². The van der Waals surface area contributed by atoms with Gasteiger partial charge in [0.15, 0.2) is 0 Å². The van der Waals surface area contributed by atoms with Gasteiger partial charge in [-0.05, 0) is 38.5 Å². The van der Waals surface area contributed by atoms with Gasteiger partial charge in [-0.2, -0.15) is 5.10 Å². The van der Waals surface area contributed by atoms with Gasteiger partial charge in [0, 0.05) is 25.2 Å². The normalized spacial score (nSPS) is 22.8. The molecule has 1 aromatic rings. The summed E-state index contributed by atoms with van der Waals surface area (Å²) in [5, 5.41) is 4.30. The van der Waals surface area contributed by atoms with E-state index < -0.39 is 10.0 Å². The van der Waals surface area contributed by atoms with Crippen molar-refractivity contribution in [2.24, 2.45) is 5.92 Å². The van der Waals surface area contributed by atoms with Gasteiger partial charge in [-0.25, -0.2) is 13.1 Å². The van der Waals surface area contributed by atoms with Crippen LogP contribution < -0.4 is 4.72 Å². The molecular weight excluding hydrogens is 342 g/mol. The number of likely N-dealkylation sites (tertiary alicyclic amines) is 1. The Morgan fingerprint density at radius 3 is 2.72 bits per heavy atom. The van der Waals surface area contributed by atoms with Gasteiger partial charge in [-0.15, -0.1) is 0 Å². The van der Waals surface area contributed by atoms with Gasteiger partial charge in [0.2, 0.25) is 15.9 Å². The topological polar surface area (TPSA) is 87.5 Å². The molecule has 1 atom stereocenters. The molecule has 1 fully saturated rings. The predicted molar refractivity (Wildman–Crippen MR) is 94.4 cm³/mol. The molecular formula is C16H27N5O3S. The number of nitrogens with zero attached hydrogens (tertiary/aromatic N) is 4. The summed E-state index contributed by atoms with van der Waals surface area (Å²) < 4.78 is 27.2. The van der Waals surface area contributed by atoms with Crippen molar-refractivity contribution >= 4 is 15.9 Å². The molecule has 0 saturated carbocycles. The first-order chi connectivity index (χ1) is 11.9. The molecule has 3 heterocycles. The van der Waals surface area contributed by atoms with E-state index in [0.717, 1.165) is 44.4 Å². The highest BCUT2D eigenvalue weighted by Gasteiger charge is 2.33. The third-order valence-electron chi connectivity index (χ3n) is 5.16. The van der Waals surface area contributed by atoms with E-state index in [9.17, 15) is 13.2 Å². The summed E-state index contributed by atoms with van der Waals surface area (Å²) in [5.41, 5.74) is 0.950. The Bertz CT molecular complexity index is 709. The Morgan fingerprint density at radius 1 is 1.36 bits per heavy atom. The molecule has 3 rings (SSSR count). The Balaban J connectivity index is 1.68. The van der Waals surface area contributed by atoms with Crippen molar-refractivity contribution < 1.29 is 13.2 Å². The van der Waals surface area contributed by atoms with Crippen LogP contribution in [0.3, 0.4) is 0 Å². The monoisotopic (exact) mass is 369 g/mol. The van der Waals surface area contributed by atoms with Crippen LogP contribution >= 0.6 is 0 Å². The summed E-state index contributed by atoms with van der Waals surface area (Å²) in [5.74, 6) is 0.258. The molecule has 0 radical (unpaired) electrons. The zero-order chi connectivity index (χ0) is 18.0. The van der Waals surface area contributed by atoms with Gasteiger partial charge in [-0.3, -0.25) is 9.48 Å². The minimum absolute atomic E-state index is 0.0702. The summed E-state index contributed by atoms with van der Waals surface area (Å²) in [6, 6.07) is 1.72. The Kier molecular flexibility index (Phi) is 5.45. The standard InChI is InChI=1S/C16H27N5O3S/c1-3-19-8-5-13(6-9-19)16(22)20-11-14-4-7-17-21(14)15(12-20)10-18-25(2,23)24/h4,7,13,15,18H,3,5-6,8-12H2,1-2H3/t15-/m0/s1. The highest BCUT2D eigenvalue weighted by molar-refractivity contribution is 7.88. The first-order valence-corrected chi connectivity index (χ1v) is 10.7. The van der Waals surface area contributed by atoms with Crippen LogP contribution in [0.15, 0.2) is 12.3 Å². The number of sulfonamides is 1. The average molecular weight is 369 g/mol. The summed E-state index contributed by atoms with van der Waals surface area (Å²) in [6.45, 7) is 6.39. The number of carbonyl (C=O) groups excluding carboxylic acids is 1. The van der Waals surface area contributed by atoms with Crippen LogP contribution in [0.2, 0.25) is 0 Å². The highest BCUT2D eigenvalue weighted by atomic mass is 32.2. The van der Waals surface area contributed by atoms with E-state index >= 15 is 0 Å². The molecule has 0 aromatic carbocycles. The van der Waals surface area contributed by atoms with Crippen molar-refractivity contribution in [3.8, 4) is 0 Å². The zero-order valence-corrected chi connectivity index (χ0v) is 15.7. The van der Waals surface area contributed by atoms with Gasteiger partial charge < -0.3 is 9.80 Å². The lowest BCUT2D eigenvalue weighted by atomic mass is 9.94. The molecule has 8 nitrogen and oxygen atoms in total. The molecule has 1 N–H and O–H groups in total. The first-order valence-electron chi connectivity index (χ1n) is 8.85. The third-order valence-corrected chi connectivity index (χ3v) is 5.85. The maximum absolute atomic E-state index is 13.0. The van der Waals surface area contributed by atoms with E-state index in [1.807, 2.05) is 15.6 Å². The molecule has 2 aliphatic rings. The second-order valence-electron chi connectivity index (χ2n) is 6.97. The number of aromatic nitrogens is 2. The fourth-order valence-electron chi connectivity index (χ4n) is 3.71. The fraction of sp³-hybridized carbons (Fsp3) is 0.750. The van der Waals surface area contributed by atoms with Crippen molar-refractivity contribution in [3.05, 3.63) is 18.0 Å². The summed E-state index contributed by atoms with van der Waals surface area (Å²) in [6.07, 6.45) is 4.64. The smallest absolute Gasteiger partial charge is 0.226 e. The number of nitrogens with one attached hydrogen (secondary N) is 1. The number of fused-ring (bicyclic) bond motifs is 1. The second-order valence-corrected chi connectivity index (χ2v) is 8.80. The van der Waals surface area contributed by atoms with Crippen LogP contribution in [0.4, 0.5) is 0 Å². The Labute approximate surface area is 149 Å². The Morgan fingerprint density at radius 2 is 2.08 bits per heavy atom. The lowest BCUT2D eigenvalue weighted by Crippen LogP contribution is -2.48. The zero-order valence-electron chi connectivity index (χ0n) is 14.9. The quantitative estimate of drug-likeness (QED) is 0.792. The van der Waals surface area contributed by atoms with Gasteiger partial charge in [0.1, 0.15) is 0 Å². The van der Waals surface area contributed by atoms with Gasteiger partial charge in [0.05, 0.1) is 24.5 Å². The number of carbonyl (C=O) groups is 1. The van der Waals surface area contributed by atoms with E-state index in [1.54, 1.807) is 6.20 Å². The number of piperidine rings is 1. The maximum Gasteiger partial charge on any atom is 0.226 e. The molecule has 1 aromatic heterocycles. The van der Waals surface area contributed by atoms with E-state index in [0.29, 0.717) is 13.1 Å². The van der Waals surface area contributed by atoms with Crippen LogP contribution in [-0.2, 0) is 21.4 Å². The first kappa shape index (κ1) is 18.3. The fourth-order valence-corrected chi connectivity index (χ4v) is 4.20. The van der Waals surface area contributed by atoms with E-state index in [1.165, 1.54) is 0 Å². The molecule has 1 amide bonds. The minimum Gasteiger partial charge on any atom is -0.334 e. The molecule has 25 heavy (non-hydrogen) atoms. The van der Waals surface area contributed by atoms with Gasteiger partial charge in [-0.1, -0.05) is 6.92 Å². The molecule has 0 unspecified atom stereocenters.